The van der Waals surface area contributed by atoms with E-state index in [1.807, 2.05) is 42.5 Å². The first kappa shape index (κ1) is 27.5. The summed E-state index contributed by atoms with van der Waals surface area (Å²) >= 11 is 6.07. The van der Waals surface area contributed by atoms with Gasteiger partial charge < -0.3 is 19.5 Å². The van der Waals surface area contributed by atoms with Crippen molar-refractivity contribution < 1.29 is 24.5 Å². The molecule has 212 valence electrons. The Morgan fingerprint density at radius 3 is 2.14 bits per heavy atom. The first-order valence-corrected chi connectivity index (χ1v) is 14.4. The van der Waals surface area contributed by atoms with Crippen molar-refractivity contribution in [1.29, 1.82) is 0 Å². The van der Waals surface area contributed by atoms with Crippen LogP contribution >= 0.6 is 11.6 Å². The van der Waals surface area contributed by atoms with Gasteiger partial charge in [0.2, 0.25) is 0 Å². The Labute approximate surface area is 248 Å². The molecule has 6 rings (SSSR count). The smallest absolute Gasteiger partial charge is 0.335 e. The number of hydrogen-bond donors (Lipinski definition) is 2. The number of aromatic carboxylic acids is 2. The Morgan fingerprint density at radius 1 is 0.810 bits per heavy atom. The van der Waals surface area contributed by atoms with Crippen molar-refractivity contribution in [3.05, 3.63) is 107 Å². The van der Waals surface area contributed by atoms with Crippen LogP contribution in [0.25, 0.3) is 33.5 Å². The van der Waals surface area contributed by atoms with Crippen molar-refractivity contribution in [3.8, 4) is 28.3 Å². The number of rotatable bonds is 8. The standard InChI is InChI=1S/C34H29ClN2O5/c35-26-12-6-21(7-13-26)29-16-10-23(33(38)39)18-25(29)20-42-28-14-8-22(9-15-28)32-36-30-19-24(34(40)41)11-17-31(30)37(32)27-4-2-1-3-5-27/h6-19,27H,1-5,20H2,(H,38,39)(H,40,41). The lowest BCUT2D eigenvalue weighted by molar-refractivity contribution is 0.0686. The monoisotopic (exact) mass is 580 g/mol. The van der Waals surface area contributed by atoms with Gasteiger partial charge in [0, 0.05) is 16.6 Å². The molecule has 42 heavy (non-hydrogen) atoms. The van der Waals surface area contributed by atoms with E-state index in [0.717, 1.165) is 59.3 Å². The number of imidazole rings is 1. The average Bonchev–Trinajstić information content (AvgIpc) is 3.40. The van der Waals surface area contributed by atoms with Gasteiger partial charge in [0.1, 0.15) is 18.2 Å². The predicted molar refractivity (Wildman–Crippen MR) is 162 cm³/mol. The quantitative estimate of drug-likeness (QED) is 0.191. The molecular weight excluding hydrogens is 552 g/mol. The molecule has 2 N–H and O–H groups in total. The van der Waals surface area contributed by atoms with Gasteiger partial charge in [0.15, 0.2) is 0 Å². The molecule has 1 fully saturated rings. The van der Waals surface area contributed by atoms with Gasteiger partial charge in [0.05, 0.1) is 22.2 Å². The van der Waals surface area contributed by atoms with E-state index in [9.17, 15) is 19.8 Å². The molecule has 0 unspecified atom stereocenters. The van der Waals surface area contributed by atoms with Crippen LogP contribution in [-0.2, 0) is 6.61 Å². The molecule has 1 heterocycles. The van der Waals surface area contributed by atoms with E-state index in [2.05, 4.69) is 4.57 Å². The minimum absolute atomic E-state index is 0.178. The molecule has 0 aliphatic heterocycles. The van der Waals surface area contributed by atoms with Crippen molar-refractivity contribution in [2.75, 3.05) is 0 Å². The minimum Gasteiger partial charge on any atom is -0.489 e. The Hall–Kier alpha value is -4.62. The Morgan fingerprint density at radius 2 is 1.45 bits per heavy atom. The number of fused-ring (bicyclic) bond motifs is 1. The largest absolute Gasteiger partial charge is 0.489 e. The number of carboxylic acid groups (broad SMARTS) is 2. The number of hydrogen-bond acceptors (Lipinski definition) is 4. The second kappa shape index (κ2) is 11.7. The maximum absolute atomic E-state index is 11.7. The summed E-state index contributed by atoms with van der Waals surface area (Å²) in [5.74, 6) is -0.528. The van der Waals surface area contributed by atoms with Crippen LogP contribution in [-0.4, -0.2) is 31.7 Å². The first-order chi connectivity index (χ1) is 20.4. The summed E-state index contributed by atoms with van der Waals surface area (Å²) in [7, 11) is 0. The van der Waals surface area contributed by atoms with Crippen LogP contribution in [0.1, 0.15) is 64.4 Å². The molecule has 1 aromatic heterocycles. The average molecular weight is 581 g/mol. The maximum atomic E-state index is 11.7. The van der Waals surface area contributed by atoms with Crippen molar-refractivity contribution in [3.63, 3.8) is 0 Å². The molecule has 0 amide bonds. The minimum atomic E-state index is -1.00. The number of ether oxygens (including phenoxy) is 1. The maximum Gasteiger partial charge on any atom is 0.335 e. The summed E-state index contributed by atoms with van der Waals surface area (Å²) in [6.07, 6.45) is 5.66. The topological polar surface area (TPSA) is 102 Å². The predicted octanol–water partition coefficient (Wildman–Crippen LogP) is 8.50. The Balaban J connectivity index is 1.30. The summed E-state index contributed by atoms with van der Waals surface area (Å²) in [5, 5.41) is 19.7. The van der Waals surface area contributed by atoms with Gasteiger partial charge in [-0.15, -0.1) is 0 Å². The van der Waals surface area contributed by atoms with E-state index in [1.165, 1.54) is 6.42 Å². The van der Waals surface area contributed by atoms with Crippen LogP contribution in [0.3, 0.4) is 0 Å². The number of carboxylic acids is 2. The zero-order chi connectivity index (χ0) is 29.2. The van der Waals surface area contributed by atoms with E-state index in [0.29, 0.717) is 22.3 Å². The second-order valence-electron chi connectivity index (χ2n) is 10.6. The van der Waals surface area contributed by atoms with Crippen LogP contribution in [0, 0.1) is 0 Å². The Bertz CT molecular complexity index is 1770. The second-order valence-corrected chi connectivity index (χ2v) is 11.0. The lowest BCUT2D eigenvalue weighted by atomic mass is 9.95. The summed E-state index contributed by atoms with van der Waals surface area (Å²) < 4.78 is 8.41. The normalized spacial score (nSPS) is 13.7. The van der Waals surface area contributed by atoms with Gasteiger partial charge in [-0.3, -0.25) is 0 Å². The van der Waals surface area contributed by atoms with Crippen LogP contribution in [0.5, 0.6) is 5.75 Å². The van der Waals surface area contributed by atoms with E-state index in [-0.39, 0.29) is 17.7 Å². The fourth-order valence-corrected chi connectivity index (χ4v) is 5.89. The van der Waals surface area contributed by atoms with Gasteiger partial charge in [-0.2, -0.15) is 0 Å². The zero-order valence-electron chi connectivity index (χ0n) is 22.8. The van der Waals surface area contributed by atoms with Crippen molar-refractivity contribution in [2.24, 2.45) is 0 Å². The molecule has 0 atom stereocenters. The lowest BCUT2D eigenvalue weighted by Crippen LogP contribution is -2.14. The summed E-state index contributed by atoms with van der Waals surface area (Å²) in [6, 6.07) is 25.5. The van der Waals surface area contributed by atoms with E-state index in [1.54, 1.807) is 42.5 Å². The highest BCUT2D eigenvalue weighted by Gasteiger charge is 2.23. The molecule has 1 saturated carbocycles. The third kappa shape index (κ3) is 5.60. The van der Waals surface area contributed by atoms with Gasteiger partial charge in [-0.25, -0.2) is 14.6 Å². The molecule has 1 aliphatic rings. The Kier molecular flexibility index (Phi) is 7.68. The molecule has 7 nitrogen and oxygen atoms in total. The van der Waals surface area contributed by atoms with Crippen molar-refractivity contribution in [1.82, 2.24) is 9.55 Å². The highest BCUT2D eigenvalue weighted by atomic mass is 35.5. The van der Waals surface area contributed by atoms with E-state index < -0.39 is 11.9 Å². The third-order valence-electron chi connectivity index (χ3n) is 7.89. The molecule has 5 aromatic rings. The summed E-state index contributed by atoms with van der Waals surface area (Å²) in [6.45, 7) is 0.178. The van der Waals surface area contributed by atoms with Gasteiger partial charge >= 0.3 is 11.9 Å². The number of carbonyl (C=O) groups is 2. The van der Waals surface area contributed by atoms with Gasteiger partial charge in [0.25, 0.3) is 0 Å². The SMILES string of the molecule is O=C(O)c1ccc(-c2ccc(Cl)cc2)c(COc2ccc(-c3nc4cc(C(=O)O)ccc4n3C3CCCCC3)cc2)c1. The summed E-state index contributed by atoms with van der Waals surface area (Å²) in [5.41, 5.74) is 5.46. The molecule has 0 bridgehead atoms. The molecule has 0 radical (unpaired) electrons. The van der Waals surface area contributed by atoms with Crippen molar-refractivity contribution >= 4 is 34.6 Å². The molecule has 0 spiro atoms. The zero-order valence-corrected chi connectivity index (χ0v) is 23.6. The number of halogens is 1. The fraction of sp³-hybridized carbons (Fsp3) is 0.206. The third-order valence-corrected chi connectivity index (χ3v) is 8.14. The van der Waals surface area contributed by atoms with Crippen molar-refractivity contribution in [2.45, 2.75) is 44.8 Å². The highest BCUT2D eigenvalue weighted by Crippen LogP contribution is 2.37. The fourth-order valence-electron chi connectivity index (χ4n) is 5.76. The van der Waals surface area contributed by atoms with Crippen LogP contribution in [0.15, 0.2) is 84.9 Å². The highest BCUT2D eigenvalue weighted by molar-refractivity contribution is 6.30. The molecule has 0 saturated heterocycles. The molecular formula is C34H29ClN2O5. The van der Waals surface area contributed by atoms with Gasteiger partial charge in [-0.1, -0.05) is 49.1 Å². The van der Waals surface area contributed by atoms with Crippen LogP contribution in [0.4, 0.5) is 0 Å². The number of nitrogens with zero attached hydrogens (tertiary/aromatic N) is 2. The van der Waals surface area contributed by atoms with E-state index in [4.69, 9.17) is 21.3 Å². The molecule has 4 aromatic carbocycles. The summed E-state index contributed by atoms with van der Waals surface area (Å²) in [4.78, 5) is 28.1. The first-order valence-electron chi connectivity index (χ1n) is 14.0. The van der Waals surface area contributed by atoms with Crippen LogP contribution < -0.4 is 4.74 Å². The number of benzene rings is 4. The molecule has 8 heteroatoms. The molecule has 1 aliphatic carbocycles. The van der Waals surface area contributed by atoms with Crippen LogP contribution in [0.2, 0.25) is 5.02 Å². The van der Waals surface area contributed by atoms with Gasteiger partial charge in [-0.05, 0) is 96.3 Å². The lowest BCUT2D eigenvalue weighted by Gasteiger charge is -2.25. The number of aromatic nitrogens is 2. The van der Waals surface area contributed by atoms with E-state index >= 15 is 0 Å².